The first-order chi connectivity index (χ1) is 13.2. The Labute approximate surface area is 167 Å². The van der Waals surface area contributed by atoms with Gasteiger partial charge >= 0.3 is 0 Å². The maximum absolute atomic E-state index is 12.6. The first-order valence-corrected chi connectivity index (χ1v) is 10.0. The zero-order chi connectivity index (χ0) is 20.3. The number of hydrogen-bond donors (Lipinski definition) is 1. The third-order valence-electron chi connectivity index (χ3n) is 5.01. The molecule has 1 unspecified atom stereocenters. The van der Waals surface area contributed by atoms with Crippen molar-refractivity contribution in [2.75, 3.05) is 37.6 Å². The van der Waals surface area contributed by atoms with Crippen LogP contribution in [0.1, 0.15) is 43.9 Å². The molecule has 0 aromatic carbocycles. The third-order valence-corrected chi connectivity index (χ3v) is 5.01. The van der Waals surface area contributed by atoms with Gasteiger partial charge in [-0.05, 0) is 52.8 Å². The number of carbonyl (C=O) groups is 1. The molecule has 1 aliphatic rings. The molecule has 1 atom stereocenters. The number of amides is 1. The Morgan fingerprint density at radius 2 is 1.93 bits per heavy atom. The quantitative estimate of drug-likeness (QED) is 0.857. The van der Waals surface area contributed by atoms with Gasteiger partial charge in [-0.3, -0.25) is 14.4 Å². The lowest BCUT2D eigenvalue weighted by atomic mass is 10.1. The number of anilines is 1. The molecule has 0 saturated carbocycles. The molecule has 1 amide bonds. The van der Waals surface area contributed by atoms with Gasteiger partial charge in [0, 0.05) is 50.7 Å². The molecule has 28 heavy (non-hydrogen) atoms. The monoisotopic (exact) mass is 384 g/mol. The molecular formula is C21H32N6O. The Morgan fingerprint density at radius 3 is 2.50 bits per heavy atom. The molecule has 7 nitrogen and oxygen atoms in total. The Hall–Kier alpha value is -2.41. The van der Waals surface area contributed by atoms with Crippen molar-refractivity contribution < 1.29 is 4.79 Å². The number of piperazine rings is 1. The lowest BCUT2D eigenvalue weighted by Crippen LogP contribution is -2.51. The number of aryl methyl sites for hydroxylation is 1. The fraction of sp³-hybridized carbons (Fsp3) is 0.571. The maximum Gasteiger partial charge on any atom is 0.272 e. The van der Waals surface area contributed by atoms with Gasteiger partial charge in [0.05, 0.1) is 5.54 Å². The molecule has 0 aliphatic carbocycles. The minimum absolute atomic E-state index is 0.0639. The molecular weight excluding hydrogens is 352 g/mol. The standard InChI is InChI=1S/C21H32N6O/c1-16(23-20(28)18-14-17(2)27(24-18)21(3,4)5)15-25-10-12-26(13-11-25)19-8-6-7-9-22-19/h6-9,14,16H,10-13,15H2,1-5H3,(H,23,28). The van der Waals surface area contributed by atoms with Crippen molar-refractivity contribution in [3.8, 4) is 0 Å². The molecule has 1 fully saturated rings. The van der Waals surface area contributed by atoms with Gasteiger partial charge in [-0.2, -0.15) is 5.10 Å². The van der Waals surface area contributed by atoms with Crippen LogP contribution in [0.4, 0.5) is 5.82 Å². The first-order valence-electron chi connectivity index (χ1n) is 10.0. The number of carbonyl (C=O) groups excluding carboxylic acids is 1. The normalized spacial score (nSPS) is 16.8. The van der Waals surface area contributed by atoms with E-state index in [0.29, 0.717) is 5.69 Å². The lowest BCUT2D eigenvalue weighted by molar-refractivity contribution is 0.0921. The van der Waals surface area contributed by atoms with Crippen molar-refractivity contribution in [3.05, 3.63) is 41.9 Å². The second-order valence-corrected chi connectivity index (χ2v) is 8.60. The zero-order valence-electron chi connectivity index (χ0n) is 17.6. The summed E-state index contributed by atoms with van der Waals surface area (Å²) in [5, 5.41) is 7.60. The van der Waals surface area contributed by atoms with Crippen LogP contribution in [0, 0.1) is 6.92 Å². The van der Waals surface area contributed by atoms with Crippen molar-refractivity contribution in [1.82, 2.24) is 25.0 Å². The second kappa shape index (κ2) is 8.31. The molecule has 152 valence electrons. The van der Waals surface area contributed by atoms with E-state index in [9.17, 15) is 4.79 Å². The van der Waals surface area contributed by atoms with E-state index in [1.807, 2.05) is 36.0 Å². The average molecular weight is 385 g/mol. The highest BCUT2D eigenvalue weighted by Crippen LogP contribution is 2.17. The number of nitrogens with zero attached hydrogens (tertiary/aromatic N) is 5. The lowest BCUT2D eigenvalue weighted by Gasteiger charge is -2.36. The van der Waals surface area contributed by atoms with Crippen LogP contribution in [0.15, 0.2) is 30.5 Å². The number of pyridine rings is 1. The zero-order valence-corrected chi connectivity index (χ0v) is 17.6. The molecule has 0 radical (unpaired) electrons. The highest BCUT2D eigenvalue weighted by Gasteiger charge is 2.23. The van der Waals surface area contributed by atoms with Gasteiger partial charge in [-0.1, -0.05) is 6.07 Å². The summed E-state index contributed by atoms with van der Waals surface area (Å²) in [6.07, 6.45) is 1.84. The van der Waals surface area contributed by atoms with Crippen molar-refractivity contribution in [2.45, 2.75) is 46.2 Å². The van der Waals surface area contributed by atoms with Gasteiger partial charge < -0.3 is 10.2 Å². The van der Waals surface area contributed by atoms with E-state index in [-0.39, 0.29) is 17.5 Å². The van der Waals surface area contributed by atoms with E-state index in [0.717, 1.165) is 44.2 Å². The predicted molar refractivity (Wildman–Crippen MR) is 112 cm³/mol. The van der Waals surface area contributed by atoms with Crippen LogP contribution in [0.25, 0.3) is 0 Å². The summed E-state index contributed by atoms with van der Waals surface area (Å²) in [5.41, 5.74) is 1.34. The van der Waals surface area contributed by atoms with Crippen LogP contribution in [0.3, 0.4) is 0 Å². The molecule has 1 saturated heterocycles. The van der Waals surface area contributed by atoms with Crippen LogP contribution >= 0.6 is 0 Å². The minimum Gasteiger partial charge on any atom is -0.354 e. The summed E-state index contributed by atoms with van der Waals surface area (Å²) in [6, 6.07) is 7.94. The van der Waals surface area contributed by atoms with E-state index < -0.39 is 0 Å². The van der Waals surface area contributed by atoms with E-state index in [1.165, 1.54) is 0 Å². The molecule has 2 aromatic rings. The Bertz CT molecular complexity index is 787. The Balaban J connectivity index is 1.49. The van der Waals surface area contributed by atoms with Crippen LogP contribution in [-0.4, -0.2) is 64.3 Å². The summed E-state index contributed by atoms with van der Waals surface area (Å²) >= 11 is 0. The average Bonchev–Trinajstić information content (AvgIpc) is 3.05. The molecule has 2 aromatic heterocycles. The van der Waals surface area contributed by atoms with Crippen molar-refractivity contribution in [2.24, 2.45) is 0 Å². The minimum atomic E-state index is -0.137. The summed E-state index contributed by atoms with van der Waals surface area (Å²) in [6.45, 7) is 15.0. The molecule has 7 heteroatoms. The molecule has 0 spiro atoms. The highest BCUT2D eigenvalue weighted by molar-refractivity contribution is 5.92. The van der Waals surface area contributed by atoms with Gasteiger partial charge in [0.15, 0.2) is 0 Å². The Morgan fingerprint density at radius 1 is 1.21 bits per heavy atom. The molecule has 0 bridgehead atoms. The van der Waals surface area contributed by atoms with Crippen LogP contribution in [0.2, 0.25) is 0 Å². The van der Waals surface area contributed by atoms with Crippen molar-refractivity contribution in [3.63, 3.8) is 0 Å². The van der Waals surface area contributed by atoms with E-state index in [4.69, 9.17) is 0 Å². The van der Waals surface area contributed by atoms with Gasteiger partial charge in [-0.25, -0.2) is 4.98 Å². The number of hydrogen-bond acceptors (Lipinski definition) is 5. The third kappa shape index (κ3) is 4.90. The number of rotatable bonds is 5. The molecule has 3 heterocycles. The van der Waals surface area contributed by atoms with Crippen LogP contribution < -0.4 is 10.2 Å². The summed E-state index contributed by atoms with van der Waals surface area (Å²) in [4.78, 5) is 21.7. The van der Waals surface area contributed by atoms with E-state index in [2.05, 4.69) is 59.0 Å². The second-order valence-electron chi connectivity index (χ2n) is 8.60. The summed E-state index contributed by atoms with van der Waals surface area (Å²) < 4.78 is 1.91. The SMILES string of the molecule is Cc1cc(C(=O)NC(C)CN2CCN(c3ccccn3)CC2)nn1C(C)(C)C. The summed E-state index contributed by atoms with van der Waals surface area (Å²) in [5.74, 6) is 0.930. The fourth-order valence-electron chi connectivity index (χ4n) is 3.70. The molecule has 1 N–H and O–H groups in total. The van der Waals surface area contributed by atoms with Gasteiger partial charge in [0.25, 0.3) is 5.91 Å². The van der Waals surface area contributed by atoms with Crippen LogP contribution in [0.5, 0.6) is 0 Å². The molecule has 1 aliphatic heterocycles. The van der Waals surface area contributed by atoms with Crippen LogP contribution in [-0.2, 0) is 5.54 Å². The van der Waals surface area contributed by atoms with Crippen molar-refractivity contribution >= 4 is 11.7 Å². The maximum atomic E-state index is 12.6. The topological polar surface area (TPSA) is 66.3 Å². The van der Waals surface area contributed by atoms with Crippen molar-refractivity contribution in [1.29, 1.82) is 0 Å². The molecule has 3 rings (SSSR count). The van der Waals surface area contributed by atoms with E-state index >= 15 is 0 Å². The van der Waals surface area contributed by atoms with Gasteiger partial charge in [0.2, 0.25) is 0 Å². The largest absolute Gasteiger partial charge is 0.354 e. The van der Waals surface area contributed by atoms with Gasteiger partial charge in [0.1, 0.15) is 11.5 Å². The van der Waals surface area contributed by atoms with E-state index in [1.54, 1.807) is 0 Å². The highest BCUT2D eigenvalue weighted by atomic mass is 16.2. The Kier molecular flexibility index (Phi) is 6.03. The van der Waals surface area contributed by atoms with Gasteiger partial charge in [-0.15, -0.1) is 0 Å². The fourth-order valence-corrected chi connectivity index (χ4v) is 3.70. The smallest absolute Gasteiger partial charge is 0.272 e. The summed E-state index contributed by atoms with van der Waals surface area (Å²) in [7, 11) is 0. The number of aromatic nitrogens is 3. The predicted octanol–water partition coefficient (Wildman–Crippen LogP) is 2.28. The first kappa shape index (κ1) is 20.3. The number of nitrogens with one attached hydrogen (secondary N) is 1.